The van der Waals surface area contributed by atoms with Gasteiger partial charge in [0, 0.05) is 23.3 Å². The summed E-state index contributed by atoms with van der Waals surface area (Å²) in [6.07, 6.45) is 6.94. The lowest BCUT2D eigenvalue weighted by Crippen LogP contribution is -2.41. The van der Waals surface area contributed by atoms with Crippen LogP contribution in [0.5, 0.6) is 0 Å². The van der Waals surface area contributed by atoms with E-state index in [9.17, 15) is 0 Å². The number of nitrogen functional groups attached to an aromatic ring is 1. The second-order valence-electron chi connectivity index (χ2n) is 5.72. The summed E-state index contributed by atoms with van der Waals surface area (Å²) in [5.41, 5.74) is 7.86. The van der Waals surface area contributed by atoms with Gasteiger partial charge in [-0.1, -0.05) is 18.0 Å². The lowest BCUT2D eigenvalue weighted by atomic mass is 9.91. The summed E-state index contributed by atoms with van der Waals surface area (Å²) < 4.78 is 0. The van der Waals surface area contributed by atoms with Crippen molar-refractivity contribution in [2.24, 2.45) is 5.92 Å². The summed E-state index contributed by atoms with van der Waals surface area (Å²) in [5.74, 6) is 0.929. The van der Waals surface area contributed by atoms with Gasteiger partial charge in [-0.25, -0.2) is 0 Å². The second kappa shape index (κ2) is 5.10. The zero-order valence-electron chi connectivity index (χ0n) is 10.7. The van der Waals surface area contributed by atoms with Crippen molar-refractivity contribution in [3.8, 4) is 0 Å². The number of halogens is 1. The van der Waals surface area contributed by atoms with Crippen LogP contribution in [0.1, 0.15) is 37.7 Å². The standard InChI is InChI=1S/C15H21ClN2/c16-14-7-6-13(17)9-12(14)10-18-8-2-4-11-3-1-5-15(11)18/h6-7,9,11,15H,1-5,8,10,17H2. The van der Waals surface area contributed by atoms with Crippen molar-refractivity contribution in [1.29, 1.82) is 0 Å². The molecule has 1 aromatic carbocycles. The average Bonchev–Trinajstić information content (AvgIpc) is 2.83. The molecule has 1 saturated heterocycles. The Kier molecular flexibility index (Phi) is 3.49. The van der Waals surface area contributed by atoms with Crippen LogP contribution in [0.4, 0.5) is 5.69 Å². The molecule has 2 atom stereocenters. The Labute approximate surface area is 114 Å². The third-order valence-corrected chi connectivity index (χ3v) is 4.92. The maximum absolute atomic E-state index is 6.28. The number of fused-ring (bicyclic) bond motifs is 1. The van der Waals surface area contributed by atoms with Gasteiger partial charge in [0.1, 0.15) is 0 Å². The number of anilines is 1. The van der Waals surface area contributed by atoms with Gasteiger partial charge in [-0.15, -0.1) is 0 Å². The number of benzene rings is 1. The molecule has 1 aromatic rings. The van der Waals surface area contributed by atoms with Crippen molar-refractivity contribution in [1.82, 2.24) is 4.90 Å². The minimum absolute atomic E-state index is 0.788. The number of hydrogen-bond acceptors (Lipinski definition) is 2. The van der Waals surface area contributed by atoms with Crippen LogP contribution >= 0.6 is 11.6 Å². The molecule has 1 heterocycles. The van der Waals surface area contributed by atoms with E-state index in [1.54, 1.807) is 0 Å². The van der Waals surface area contributed by atoms with Gasteiger partial charge in [0.15, 0.2) is 0 Å². The molecule has 1 aliphatic carbocycles. The highest BCUT2D eigenvalue weighted by molar-refractivity contribution is 6.31. The Balaban J connectivity index is 1.77. The molecule has 3 rings (SSSR count). The third kappa shape index (κ3) is 2.36. The molecular formula is C15H21ClN2. The van der Waals surface area contributed by atoms with Crippen molar-refractivity contribution in [2.45, 2.75) is 44.7 Å². The Bertz CT molecular complexity index is 433. The molecule has 0 bridgehead atoms. The molecule has 2 N–H and O–H groups in total. The zero-order valence-corrected chi connectivity index (χ0v) is 11.5. The highest BCUT2D eigenvalue weighted by Crippen LogP contribution is 2.37. The molecule has 0 amide bonds. The first kappa shape index (κ1) is 12.3. The van der Waals surface area contributed by atoms with E-state index in [0.717, 1.165) is 29.2 Å². The summed E-state index contributed by atoms with van der Waals surface area (Å²) in [4.78, 5) is 2.63. The summed E-state index contributed by atoms with van der Waals surface area (Å²) in [6, 6.07) is 6.61. The second-order valence-corrected chi connectivity index (χ2v) is 6.13. The molecule has 2 fully saturated rings. The van der Waals surface area contributed by atoms with Gasteiger partial charge in [0.25, 0.3) is 0 Å². The Hall–Kier alpha value is -0.730. The minimum atomic E-state index is 0.788. The van der Waals surface area contributed by atoms with E-state index >= 15 is 0 Å². The van der Waals surface area contributed by atoms with Crippen molar-refractivity contribution in [3.63, 3.8) is 0 Å². The summed E-state index contributed by atoms with van der Waals surface area (Å²) in [6.45, 7) is 2.18. The number of nitrogens with two attached hydrogens (primary N) is 1. The first-order valence-electron chi connectivity index (χ1n) is 7.02. The number of likely N-dealkylation sites (tertiary alicyclic amines) is 1. The quantitative estimate of drug-likeness (QED) is 0.826. The van der Waals surface area contributed by atoms with E-state index < -0.39 is 0 Å². The first-order valence-corrected chi connectivity index (χ1v) is 7.40. The van der Waals surface area contributed by atoms with Gasteiger partial charge in [0.05, 0.1) is 0 Å². The van der Waals surface area contributed by atoms with Crippen molar-refractivity contribution in [2.75, 3.05) is 12.3 Å². The normalized spacial score (nSPS) is 28.3. The molecule has 2 unspecified atom stereocenters. The van der Waals surface area contributed by atoms with Gasteiger partial charge in [-0.05, 0) is 61.9 Å². The molecule has 3 heteroatoms. The van der Waals surface area contributed by atoms with E-state index in [2.05, 4.69) is 4.90 Å². The topological polar surface area (TPSA) is 29.3 Å². The summed E-state index contributed by atoms with van der Waals surface area (Å²) in [7, 11) is 0. The van der Waals surface area contributed by atoms with Crippen LogP contribution in [0.2, 0.25) is 5.02 Å². The molecule has 2 nitrogen and oxygen atoms in total. The Morgan fingerprint density at radius 2 is 2.06 bits per heavy atom. The first-order chi connectivity index (χ1) is 8.74. The third-order valence-electron chi connectivity index (χ3n) is 4.55. The van der Waals surface area contributed by atoms with Crippen LogP contribution in [-0.4, -0.2) is 17.5 Å². The maximum atomic E-state index is 6.28. The van der Waals surface area contributed by atoms with Crippen molar-refractivity contribution in [3.05, 3.63) is 28.8 Å². The largest absolute Gasteiger partial charge is 0.399 e. The summed E-state index contributed by atoms with van der Waals surface area (Å²) >= 11 is 6.28. The number of piperidine rings is 1. The van der Waals surface area contributed by atoms with Crippen LogP contribution in [0.25, 0.3) is 0 Å². The Morgan fingerprint density at radius 3 is 2.94 bits per heavy atom. The molecular weight excluding hydrogens is 244 g/mol. The highest BCUT2D eigenvalue weighted by Gasteiger charge is 2.34. The molecule has 98 valence electrons. The monoisotopic (exact) mass is 264 g/mol. The van der Waals surface area contributed by atoms with Crippen LogP contribution in [0.15, 0.2) is 18.2 Å². The molecule has 2 aliphatic rings. The molecule has 1 saturated carbocycles. The van der Waals surface area contributed by atoms with Crippen molar-refractivity contribution < 1.29 is 0 Å². The van der Waals surface area contributed by atoms with Gasteiger partial charge < -0.3 is 5.73 Å². The van der Waals surface area contributed by atoms with E-state index in [4.69, 9.17) is 17.3 Å². The lowest BCUT2D eigenvalue weighted by molar-refractivity contribution is 0.106. The van der Waals surface area contributed by atoms with E-state index in [0.29, 0.717) is 0 Å². The minimum Gasteiger partial charge on any atom is -0.399 e. The van der Waals surface area contributed by atoms with E-state index in [1.807, 2.05) is 18.2 Å². The molecule has 0 spiro atoms. The van der Waals surface area contributed by atoms with Crippen molar-refractivity contribution >= 4 is 17.3 Å². The van der Waals surface area contributed by atoms with Gasteiger partial charge >= 0.3 is 0 Å². The fourth-order valence-corrected chi connectivity index (χ4v) is 3.87. The predicted molar refractivity (Wildman–Crippen MR) is 76.6 cm³/mol. The van der Waals surface area contributed by atoms with Crippen LogP contribution in [-0.2, 0) is 6.54 Å². The van der Waals surface area contributed by atoms with Gasteiger partial charge in [-0.2, -0.15) is 0 Å². The van der Waals surface area contributed by atoms with E-state index in [1.165, 1.54) is 44.2 Å². The number of hydrogen-bond donors (Lipinski definition) is 1. The number of rotatable bonds is 2. The fourth-order valence-electron chi connectivity index (χ4n) is 3.69. The van der Waals surface area contributed by atoms with Gasteiger partial charge in [-0.3, -0.25) is 4.90 Å². The van der Waals surface area contributed by atoms with Gasteiger partial charge in [0.2, 0.25) is 0 Å². The highest BCUT2D eigenvalue weighted by atomic mass is 35.5. The summed E-state index contributed by atoms with van der Waals surface area (Å²) in [5, 5.41) is 0.851. The molecule has 18 heavy (non-hydrogen) atoms. The molecule has 1 aliphatic heterocycles. The molecule has 0 radical (unpaired) electrons. The zero-order chi connectivity index (χ0) is 12.5. The van der Waals surface area contributed by atoms with E-state index in [-0.39, 0.29) is 0 Å². The molecule has 0 aromatic heterocycles. The smallest absolute Gasteiger partial charge is 0.0452 e. The fraction of sp³-hybridized carbons (Fsp3) is 0.600. The van der Waals surface area contributed by atoms with Crippen LogP contribution in [0, 0.1) is 5.92 Å². The maximum Gasteiger partial charge on any atom is 0.0452 e. The lowest BCUT2D eigenvalue weighted by Gasteiger charge is -2.38. The predicted octanol–water partition coefficient (Wildman–Crippen LogP) is 3.69. The van der Waals surface area contributed by atoms with Crippen LogP contribution in [0.3, 0.4) is 0 Å². The SMILES string of the molecule is Nc1ccc(Cl)c(CN2CCCC3CCCC32)c1. The Morgan fingerprint density at radius 1 is 1.22 bits per heavy atom. The number of nitrogens with zero attached hydrogens (tertiary/aromatic N) is 1. The average molecular weight is 265 g/mol. The van der Waals surface area contributed by atoms with Crippen LogP contribution < -0.4 is 5.73 Å².